The van der Waals surface area contributed by atoms with E-state index in [4.69, 9.17) is 4.99 Å². The maximum absolute atomic E-state index is 5.05. The lowest BCUT2D eigenvalue weighted by atomic mass is 9.88. The predicted molar refractivity (Wildman–Crippen MR) is 146 cm³/mol. The fraction of sp³-hybridized carbons (Fsp3) is 0.583. The lowest BCUT2D eigenvalue weighted by molar-refractivity contribution is 0.128. The Balaban J connectivity index is 0.00000289. The fourth-order valence-electron chi connectivity index (χ4n) is 4.88. The van der Waals surface area contributed by atoms with Gasteiger partial charge in [0.2, 0.25) is 0 Å². The third kappa shape index (κ3) is 6.57. The zero-order chi connectivity index (χ0) is 21.5. The van der Waals surface area contributed by atoms with Gasteiger partial charge >= 0.3 is 0 Å². The Labute approximate surface area is 213 Å². The van der Waals surface area contributed by atoms with Gasteiger partial charge < -0.3 is 15.5 Å². The molecule has 6 nitrogen and oxygen atoms in total. The minimum absolute atomic E-state index is 0. The predicted octanol–water partition coefficient (Wildman–Crippen LogP) is 4.37. The summed E-state index contributed by atoms with van der Waals surface area (Å²) in [6, 6.07) is 11.5. The topological polar surface area (TPSA) is 55.8 Å². The number of hydrogen-bond donors (Lipinski definition) is 2. The van der Waals surface area contributed by atoms with E-state index in [1.165, 1.54) is 24.3 Å². The Morgan fingerprint density at radius 2 is 2.00 bits per heavy atom. The number of piperidine rings is 2. The molecule has 0 aliphatic carbocycles. The summed E-state index contributed by atoms with van der Waals surface area (Å²) >= 11 is 1.88. The van der Waals surface area contributed by atoms with E-state index in [9.17, 15) is 0 Å². The zero-order valence-electron chi connectivity index (χ0n) is 19.2. The minimum Gasteiger partial charge on any atom is -0.357 e. The molecule has 2 aliphatic heterocycles. The molecule has 4 rings (SSSR count). The molecule has 0 spiro atoms. The zero-order valence-corrected chi connectivity index (χ0v) is 22.4. The third-order valence-electron chi connectivity index (χ3n) is 6.48. The molecule has 2 aromatic rings. The Bertz CT molecular complexity index is 807. The highest BCUT2D eigenvalue weighted by molar-refractivity contribution is 14.0. The first-order valence-electron chi connectivity index (χ1n) is 11.7. The van der Waals surface area contributed by atoms with Crippen LogP contribution in [-0.4, -0.2) is 61.7 Å². The van der Waals surface area contributed by atoms with E-state index in [0.29, 0.717) is 18.0 Å². The minimum atomic E-state index is 0. The molecule has 2 saturated heterocycles. The summed E-state index contributed by atoms with van der Waals surface area (Å²) in [6.07, 6.45) is 6.59. The molecular formula is C24H37IN6S. The van der Waals surface area contributed by atoms with Crippen LogP contribution in [0.3, 0.4) is 0 Å². The van der Waals surface area contributed by atoms with Gasteiger partial charge in [-0.25, -0.2) is 4.98 Å². The Morgan fingerprint density at radius 1 is 1.16 bits per heavy atom. The summed E-state index contributed by atoms with van der Waals surface area (Å²) in [7, 11) is 2.26. The molecule has 2 atom stereocenters. The van der Waals surface area contributed by atoms with E-state index in [1.807, 2.05) is 23.6 Å². The van der Waals surface area contributed by atoms with Gasteiger partial charge in [-0.3, -0.25) is 9.89 Å². The van der Waals surface area contributed by atoms with Crippen molar-refractivity contribution in [3.05, 3.63) is 46.8 Å². The standard InChI is InChI=1S/C24H36N6S.HI/c1-3-25-24(28-20-11-15-30(16-12-20)22-10-4-5-13-26-22)27-18-19-8-6-14-29(2)23(19)21-9-7-17-31-21;/h4-5,7,9-10,13,17,19-20,23H,3,6,8,11-12,14-16,18H2,1-2H3,(H2,25,27,28);1H. The quantitative estimate of drug-likeness (QED) is 0.308. The number of guanidine groups is 1. The summed E-state index contributed by atoms with van der Waals surface area (Å²) in [4.78, 5) is 15.9. The van der Waals surface area contributed by atoms with Crippen molar-refractivity contribution in [2.75, 3.05) is 44.7 Å². The monoisotopic (exact) mass is 568 g/mol. The number of aliphatic imine (C=N–C) groups is 1. The van der Waals surface area contributed by atoms with E-state index in [0.717, 1.165) is 50.8 Å². The molecule has 176 valence electrons. The number of hydrogen-bond acceptors (Lipinski definition) is 5. The number of likely N-dealkylation sites (tertiary alicyclic amines) is 1. The molecule has 2 unspecified atom stereocenters. The first-order valence-corrected chi connectivity index (χ1v) is 12.6. The molecule has 8 heteroatoms. The van der Waals surface area contributed by atoms with Crippen LogP contribution in [0.15, 0.2) is 46.9 Å². The maximum atomic E-state index is 5.05. The Morgan fingerprint density at radius 3 is 2.69 bits per heavy atom. The molecule has 2 fully saturated rings. The van der Waals surface area contributed by atoms with Gasteiger partial charge in [0.25, 0.3) is 0 Å². The average Bonchev–Trinajstić information content (AvgIpc) is 3.33. The Kier molecular flexibility index (Phi) is 10.1. The summed E-state index contributed by atoms with van der Waals surface area (Å²) in [5.41, 5.74) is 0. The van der Waals surface area contributed by atoms with Crippen LogP contribution in [0.2, 0.25) is 0 Å². The number of nitrogens with one attached hydrogen (secondary N) is 2. The SMILES string of the molecule is CCNC(=NCC1CCCN(C)C1c1cccs1)NC1CCN(c2ccccn2)CC1.I. The van der Waals surface area contributed by atoms with E-state index in [2.05, 4.69) is 69.0 Å². The summed E-state index contributed by atoms with van der Waals surface area (Å²) in [6.45, 7) is 7.14. The highest BCUT2D eigenvalue weighted by Gasteiger charge is 2.31. The molecular weight excluding hydrogens is 531 g/mol. The second-order valence-electron chi connectivity index (χ2n) is 8.66. The molecule has 2 aromatic heterocycles. The van der Waals surface area contributed by atoms with Crippen molar-refractivity contribution < 1.29 is 0 Å². The van der Waals surface area contributed by atoms with Crippen LogP contribution in [0.4, 0.5) is 5.82 Å². The van der Waals surface area contributed by atoms with Gasteiger partial charge in [0.05, 0.1) is 0 Å². The number of pyridine rings is 1. The molecule has 0 bridgehead atoms. The summed E-state index contributed by atoms with van der Waals surface area (Å²) < 4.78 is 0. The van der Waals surface area contributed by atoms with E-state index in [1.54, 1.807) is 0 Å². The van der Waals surface area contributed by atoms with Crippen molar-refractivity contribution >= 4 is 47.1 Å². The first kappa shape index (κ1) is 25.2. The number of aromatic nitrogens is 1. The number of nitrogens with zero attached hydrogens (tertiary/aromatic N) is 4. The van der Waals surface area contributed by atoms with Gasteiger partial charge in [0, 0.05) is 49.3 Å². The molecule has 2 N–H and O–H groups in total. The Hall–Kier alpha value is -1.39. The highest BCUT2D eigenvalue weighted by atomic mass is 127. The van der Waals surface area contributed by atoms with Crippen molar-refractivity contribution in [3.63, 3.8) is 0 Å². The highest BCUT2D eigenvalue weighted by Crippen LogP contribution is 2.37. The molecule has 0 radical (unpaired) electrons. The van der Waals surface area contributed by atoms with Crippen LogP contribution in [-0.2, 0) is 0 Å². The van der Waals surface area contributed by atoms with Crippen molar-refractivity contribution in [1.82, 2.24) is 20.5 Å². The number of thiophene rings is 1. The van der Waals surface area contributed by atoms with Gasteiger partial charge in [0.1, 0.15) is 5.82 Å². The van der Waals surface area contributed by atoms with Crippen molar-refractivity contribution in [1.29, 1.82) is 0 Å². The van der Waals surface area contributed by atoms with Crippen LogP contribution >= 0.6 is 35.3 Å². The van der Waals surface area contributed by atoms with E-state index >= 15 is 0 Å². The van der Waals surface area contributed by atoms with Crippen LogP contribution in [0.1, 0.15) is 43.5 Å². The lowest BCUT2D eigenvalue weighted by Crippen LogP contribution is -2.49. The van der Waals surface area contributed by atoms with E-state index < -0.39 is 0 Å². The largest absolute Gasteiger partial charge is 0.357 e. The van der Waals surface area contributed by atoms with Crippen LogP contribution < -0.4 is 15.5 Å². The first-order chi connectivity index (χ1) is 15.2. The molecule has 2 aliphatic rings. The molecule has 0 aromatic carbocycles. The summed E-state index contributed by atoms with van der Waals surface area (Å²) in [5, 5.41) is 9.38. The number of halogens is 1. The van der Waals surface area contributed by atoms with Crippen molar-refractivity contribution in [2.24, 2.45) is 10.9 Å². The second-order valence-corrected chi connectivity index (χ2v) is 9.64. The number of rotatable bonds is 6. The third-order valence-corrected chi connectivity index (χ3v) is 7.42. The van der Waals surface area contributed by atoms with Gasteiger partial charge in [-0.1, -0.05) is 12.1 Å². The molecule has 0 amide bonds. The van der Waals surface area contributed by atoms with Crippen molar-refractivity contribution in [3.8, 4) is 0 Å². The molecule has 32 heavy (non-hydrogen) atoms. The van der Waals surface area contributed by atoms with Gasteiger partial charge in [-0.05, 0) is 75.7 Å². The summed E-state index contributed by atoms with van der Waals surface area (Å²) in [5.74, 6) is 2.62. The second kappa shape index (κ2) is 12.7. The maximum Gasteiger partial charge on any atom is 0.191 e. The normalized spacial score (nSPS) is 22.9. The fourth-order valence-corrected chi connectivity index (χ4v) is 5.86. The van der Waals surface area contributed by atoms with Crippen molar-refractivity contribution in [2.45, 2.75) is 44.7 Å². The van der Waals surface area contributed by atoms with Crippen LogP contribution in [0.5, 0.6) is 0 Å². The molecule has 0 saturated carbocycles. The van der Waals surface area contributed by atoms with Crippen LogP contribution in [0.25, 0.3) is 0 Å². The number of anilines is 1. The van der Waals surface area contributed by atoms with E-state index in [-0.39, 0.29) is 24.0 Å². The lowest BCUT2D eigenvalue weighted by Gasteiger charge is -2.38. The van der Waals surface area contributed by atoms with Gasteiger partial charge in [-0.2, -0.15) is 0 Å². The molecule has 4 heterocycles. The average molecular weight is 569 g/mol. The van der Waals surface area contributed by atoms with Gasteiger partial charge in [0.15, 0.2) is 5.96 Å². The van der Waals surface area contributed by atoms with Gasteiger partial charge in [-0.15, -0.1) is 35.3 Å². The van der Waals surface area contributed by atoms with Crippen LogP contribution in [0, 0.1) is 5.92 Å². The smallest absolute Gasteiger partial charge is 0.191 e.